The van der Waals surface area contributed by atoms with Crippen LogP contribution in [0.5, 0.6) is 5.75 Å². The molecule has 0 fully saturated rings. The summed E-state index contributed by atoms with van der Waals surface area (Å²) in [5, 5.41) is 21.3. The largest absolute Gasteiger partial charge is 0.487 e. The highest BCUT2D eigenvalue weighted by molar-refractivity contribution is 7.19. The zero-order valence-corrected chi connectivity index (χ0v) is 17.5. The number of aliphatic carboxylic acids is 1. The van der Waals surface area contributed by atoms with E-state index < -0.39 is 11.9 Å². The average Bonchev–Trinajstić information content (AvgIpc) is 3.16. The van der Waals surface area contributed by atoms with Gasteiger partial charge in [-0.25, -0.2) is 4.99 Å². The van der Waals surface area contributed by atoms with Gasteiger partial charge in [0.1, 0.15) is 17.7 Å². The van der Waals surface area contributed by atoms with Crippen molar-refractivity contribution < 1.29 is 14.6 Å². The van der Waals surface area contributed by atoms with E-state index in [0.29, 0.717) is 42.3 Å². The van der Waals surface area contributed by atoms with Gasteiger partial charge in [-0.15, -0.1) is 11.3 Å². The first-order valence-corrected chi connectivity index (χ1v) is 10.6. The van der Waals surface area contributed by atoms with Crippen molar-refractivity contribution in [1.82, 2.24) is 5.32 Å². The fraction of sp³-hybridized carbons (Fsp3) is 0.227. The summed E-state index contributed by atoms with van der Waals surface area (Å²) in [7, 11) is 0. The Balaban J connectivity index is 1.49. The number of carbonyl (C=O) groups is 1. The third-order valence-electron chi connectivity index (χ3n) is 5.14. The molecule has 2 atom stereocenters. The minimum atomic E-state index is -0.878. The first-order chi connectivity index (χ1) is 14.9. The van der Waals surface area contributed by atoms with Crippen molar-refractivity contribution in [3.8, 4) is 5.75 Å². The molecule has 31 heavy (non-hydrogen) atoms. The number of guanidine groups is 1. The smallest absolute Gasteiger partial charge is 0.311 e. The Labute approximate surface area is 183 Å². The second-order valence-corrected chi connectivity index (χ2v) is 8.56. The summed E-state index contributed by atoms with van der Waals surface area (Å²) < 4.78 is 6.93. The number of aliphatic imine (C=N–C) groups is 1. The van der Waals surface area contributed by atoms with Crippen molar-refractivity contribution in [3.05, 3.63) is 64.5 Å². The van der Waals surface area contributed by atoms with Gasteiger partial charge in [-0.2, -0.15) is 0 Å². The predicted octanol–water partition coefficient (Wildman–Crippen LogP) is 2.26. The monoisotopic (exact) mass is 437 g/mol. The number of fused-ring (bicyclic) bond motifs is 1. The lowest BCUT2D eigenvalue weighted by atomic mass is 9.95. The number of hydrogen-bond donors (Lipinski definition) is 5. The summed E-state index contributed by atoms with van der Waals surface area (Å²) >= 11 is 1.56. The maximum absolute atomic E-state index is 12.0. The van der Waals surface area contributed by atoms with E-state index in [1.165, 1.54) is 0 Å². The molecular formula is C22H23N5O3S. The van der Waals surface area contributed by atoms with Crippen LogP contribution in [-0.4, -0.2) is 42.1 Å². The first-order valence-electron chi connectivity index (χ1n) is 9.79. The van der Waals surface area contributed by atoms with Crippen LogP contribution in [0.3, 0.4) is 0 Å². The maximum atomic E-state index is 12.0. The number of nitrogens with one attached hydrogen (secondary N) is 2. The molecule has 0 spiro atoms. The van der Waals surface area contributed by atoms with Crippen LogP contribution < -0.4 is 21.5 Å². The Morgan fingerprint density at radius 3 is 2.71 bits per heavy atom. The molecule has 0 saturated heterocycles. The summed E-state index contributed by atoms with van der Waals surface area (Å²) in [6.45, 7) is 1.06. The first kappa shape index (κ1) is 20.7. The highest BCUT2D eigenvalue weighted by Crippen LogP contribution is 2.31. The van der Waals surface area contributed by atoms with Gasteiger partial charge in [-0.05, 0) is 53.8 Å². The molecule has 0 bridgehead atoms. The Bertz CT molecular complexity index is 1160. The zero-order valence-electron chi connectivity index (χ0n) is 16.7. The maximum Gasteiger partial charge on any atom is 0.311 e. The molecule has 160 valence electrons. The van der Waals surface area contributed by atoms with Gasteiger partial charge in [0.05, 0.1) is 19.0 Å². The van der Waals surface area contributed by atoms with Gasteiger partial charge >= 0.3 is 5.97 Å². The van der Waals surface area contributed by atoms with Crippen LogP contribution >= 0.6 is 11.3 Å². The topological polar surface area (TPSA) is 147 Å². The number of nitrogens with two attached hydrogens (primary N) is 2. The highest BCUT2D eigenvalue weighted by Gasteiger charge is 2.22. The van der Waals surface area contributed by atoms with Crippen LogP contribution in [0.25, 0.3) is 10.1 Å². The number of benzene rings is 2. The van der Waals surface area contributed by atoms with E-state index in [-0.39, 0.29) is 11.9 Å². The van der Waals surface area contributed by atoms with Gasteiger partial charge in [0.25, 0.3) is 0 Å². The molecule has 1 aromatic heterocycles. The number of ether oxygens (including phenoxy) is 1. The van der Waals surface area contributed by atoms with E-state index >= 15 is 0 Å². The number of thiophene rings is 1. The molecule has 2 heterocycles. The van der Waals surface area contributed by atoms with Crippen LogP contribution in [0.15, 0.2) is 53.5 Å². The van der Waals surface area contributed by atoms with Gasteiger partial charge in [0.15, 0.2) is 5.96 Å². The molecule has 8 nitrogen and oxygen atoms in total. The highest BCUT2D eigenvalue weighted by atomic mass is 32.1. The van der Waals surface area contributed by atoms with E-state index in [1.54, 1.807) is 41.7 Å². The molecular weight excluding hydrogens is 414 g/mol. The molecule has 1 aliphatic rings. The molecule has 0 radical (unpaired) electrons. The van der Waals surface area contributed by atoms with Crippen LogP contribution in [0.1, 0.15) is 21.9 Å². The SMILES string of the molecule is N=C(N)c1ccc2sc(CC(C(=O)O)c3ccc(OC4CN=C(N)NC4)cc3)cc2c1. The Kier molecular flexibility index (Phi) is 5.77. The zero-order chi connectivity index (χ0) is 22.0. The third-order valence-corrected chi connectivity index (χ3v) is 6.28. The van der Waals surface area contributed by atoms with E-state index in [0.717, 1.165) is 15.0 Å². The lowest BCUT2D eigenvalue weighted by molar-refractivity contribution is -0.138. The molecule has 7 N–H and O–H groups in total. The van der Waals surface area contributed by atoms with Gasteiger partial charge in [0.2, 0.25) is 0 Å². The van der Waals surface area contributed by atoms with Crippen molar-refractivity contribution in [3.63, 3.8) is 0 Å². The summed E-state index contributed by atoms with van der Waals surface area (Å²) in [5.41, 5.74) is 12.5. The lowest BCUT2D eigenvalue weighted by Crippen LogP contribution is -2.45. The normalized spacial score (nSPS) is 16.9. The van der Waals surface area contributed by atoms with Gasteiger partial charge < -0.3 is 26.6 Å². The summed E-state index contributed by atoms with van der Waals surface area (Å²) in [5.74, 6) is -0.459. The van der Waals surface area contributed by atoms with E-state index in [4.69, 9.17) is 21.6 Å². The van der Waals surface area contributed by atoms with Crippen LogP contribution in [0, 0.1) is 5.41 Å². The van der Waals surface area contributed by atoms with Gasteiger partial charge in [0, 0.05) is 15.1 Å². The van der Waals surface area contributed by atoms with E-state index in [1.807, 2.05) is 18.2 Å². The van der Waals surface area contributed by atoms with Crippen molar-refractivity contribution >= 4 is 39.2 Å². The number of hydrogen-bond acceptors (Lipinski definition) is 7. The van der Waals surface area contributed by atoms with Crippen molar-refractivity contribution in [2.24, 2.45) is 16.5 Å². The fourth-order valence-electron chi connectivity index (χ4n) is 3.50. The van der Waals surface area contributed by atoms with Crippen molar-refractivity contribution in [2.45, 2.75) is 18.4 Å². The van der Waals surface area contributed by atoms with Crippen molar-refractivity contribution in [1.29, 1.82) is 5.41 Å². The van der Waals surface area contributed by atoms with Crippen LogP contribution in [0.2, 0.25) is 0 Å². The quantitative estimate of drug-likeness (QED) is 0.283. The number of nitrogen functional groups attached to an aromatic ring is 1. The Morgan fingerprint density at radius 2 is 2.06 bits per heavy atom. The molecule has 0 amide bonds. The Morgan fingerprint density at radius 1 is 1.29 bits per heavy atom. The predicted molar refractivity (Wildman–Crippen MR) is 122 cm³/mol. The van der Waals surface area contributed by atoms with Crippen LogP contribution in [-0.2, 0) is 11.2 Å². The molecule has 4 rings (SSSR count). The summed E-state index contributed by atoms with van der Waals surface area (Å²) in [4.78, 5) is 17.1. The average molecular weight is 438 g/mol. The minimum absolute atomic E-state index is 0.0136. The molecule has 2 aromatic carbocycles. The molecule has 0 saturated carbocycles. The molecule has 1 aliphatic heterocycles. The Hall–Kier alpha value is -3.59. The summed E-state index contributed by atoms with van der Waals surface area (Å²) in [6.07, 6.45) is 0.261. The number of nitrogens with zero attached hydrogens (tertiary/aromatic N) is 1. The fourth-order valence-corrected chi connectivity index (χ4v) is 4.59. The second-order valence-electron chi connectivity index (χ2n) is 7.39. The lowest BCUT2D eigenvalue weighted by Gasteiger charge is -2.22. The molecule has 2 unspecified atom stereocenters. The standard InChI is InChI=1S/C22H23N5O3S/c23-20(24)13-3-6-19-14(7-13)8-17(31-19)9-18(21(28)29)12-1-4-15(5-2-12)30-16-10-26-22(25)27-11-16/h1-8,16,18H,9-11H2,(H3,23,24)(H,28,29)(H3,25,26,27). The second kappa shape index (κ2) is 8.65. The van der Waals surface area contributed by atoms with Gasteiger partial charge in [-0.1, -0.05) is 12.1 Å². The third kappa shape index (κ3) is 4.77. The van der Waals surface area contributed by atoms with Gasteiger partial charge in [-0.3, -0.25) is 10.2 Å². The molecule has 9 heteroatoms. The number of rotatable bonds is 7. The van der Waals surface area contributed by atoms with Crippen molar-refractivity contribution in [2.75, 3.05) is 13.1 Å². The van der Waals surface area contributed by atoms with Crippen LogP contribution in [0.4, 0.5) is 0 Å². The molecule has 3 aromatic rings. The summed E-state index contributed by atoms with van der Waals surface area (Å²) in [6, 6.07) is 14.7. The number of carboxylic acids is 1. The number of amidine groups is 1. The van der Waals surface area contributed by atoms with E-state index in [9.17, 15) is 9.90 Å². The molecule has 0 aliphatic carbocycles. The minimum Gasteiger partial charge on any atom is -0.487 e. The number of carboxylic acid groups (broad SMARTS) is 1. The van der Waals surface area contributed by atoms with E-state index in [2.05, 4.69) is 10.3 Å².